The zero-order valence-corrected chi connectivity index (χ0v) is 78.6. The lowest BCUT2D eigenvalue weighted by molar-refractivity contribution is 0.670. The average Bonchev–Trinajstić information content (AvgIpc) is 1.55. The maximum atomic E-state index is 6.56. The number of fused-ring (bicyclic) bond motifs is 35. The lowest BCUT2D eigenvalue weighted by atomic mass is 10.0. The van der Waals surface area contributed by atoms with E-state index in [1.807, 2.05) is 127 Å². The van der Waals surface area contributed by atoms with Crippen LogP contribution in [-0.2, 0) is 0 Å². The lowest BCUT2D eigenvalue weighted by Crippen LogP contribution is -2.04. The molecule has 0 amide bonds. The van der Waals surface area contributed by atoms with E-state index in [1.165, 1.54) is 32.6 Å². The summed E-state index contributed by atoms with van der Waals surface area (Å²) in [5.74, 6) is 1.83. The number of para-hydroxylation sites is 10. The number of nitrogens with zero attached hydrogens (tertiary/aromatic N) is 10. The molecule has 0 saturated heterocycles. The van der Waals surface area contributed by atoms with E-state index in [0.717, 1.165) is 248 Å². The minimum absolute atomic E-state index is 0.584. The lowest BCUT2D eigenvalue weighted by Gasteiger charge is -2.12. The average molecular weight is 1880 g/mol. The molecule has 0 radical (unpaired) electrons. The van der Waals surface area contributed by atoms with Crippen LogP contribution in [0.2, 0.25) is 0 Å². The number of rotatable bonds is 8. The van der Waals surface area contributed by atoms with E-state index in [2.05, 4.69) is 369 Å². The summed E-state index contributed by atoms with van der Waals surface area (Å²) in [6.07, 6.45) is 0. The normalized spacial score (nSPS) is 11.9. The Balaban J connectivity index is 0.0000000999. The Morgan fingerprint density at radius 3 is 0.946 bits per heavy atom. The molecule has 12 heterocycles. The SMILES string of the molecule is c1ccc(-c2nc(-n3c4ccccc4c4cc(-c5ccc6c7ccccc7n(-c7ccccc7)c6c5)ccc43)nc3ccc4c5ccccc5oc4c23)cc1.c1ccc(-c2nc(-n3c4ccccc4c4ccc5c6ccccc6[nH]c5c43)nc3ccc4c5ccccc5oc4c23)cc1.c1ccc(-c2nc(-n3c4ccccc4c4ccc5c6ccccc6oc5c43)nc3ccc4c5ccccc5oc4c23)cc1.c1ccccc1. The number of hydrogen-bond donors (Lipinski definition) is 1. The Kier molecular flexibility index (Phi) is 18.7. The van der Waals surface area contributed by atoms with Gasteiger partial charge in [-0.2, -0.15) is 0 Å². The summed E-state index contributed by atoms with van der Waals surface area (Å²) in [7, 11) is 0. The van der Waals surface area contributed by atoms with Crippen molar-refractivity contribution in [2.45, 2.75) is 0 Å². The highest BCUT2D eigenvalue weighted by Crippen LogP contribution is 2.49. The van der Waals surface area contributed by atoms with E-state index in [1.54, 1.807) is 0 Å². The first-order chi connectivity index (χ1) is 72.9. The van der Waals surface area contributed by atoms with Gasteiger partial charge in [-0.3, -0.25) is 13.7 Å². The molecule has 33 aromatic rings. The van der Waals surface area contributed by atoms with E-state index in [9.17, 15) is 0 Å². The smallest absolute Gasteiger partial charge is 0.235 e. The molecule has 0 bridgehead atoms. The fourth-order valence-corrected chi connectivity index (χ4v) is 22.7. The molecule has 0 saturated carbocycles. The first-order valence-corrected chi connectivity index (χ1v) is 49.4. The van der Waals surface area contributed by atoms with Gasteiger partial charge < -0.3 is 27.2 Å². The molecule has 0 aliphatic rings. The van der Waals surface area contributed by atoms with Crippen molar-refractivity contribution in [2.75, 3.05) is 0 Å². The third-order valence-corrected chi connectivity index (χ3v) is 29.2. The molecule has 33 rings (SSSR count). The Morgan fingerprint density at radius 2 is 0.476 bits per heavy atom. The second kappa shape index (κ2) is 33.3. The Labute approximate surface area is 836 Å². The molecule has 0 fully saturated rings. The van der Waals surface area contributed by atoms with Gasteiger partial charge in [-0.25, -0.2) is 29.9 Å². The summed E-state index contributed by atoms with van der Waals surface area (Å²) >= 11 is 0. The van der Waals surface area contributed by atoms with E-state index in [-0.39, 0.29) is 0 Å². The Hall–Kier alpha value is -20.2. The van der Waals surface area contributed by atoms with Crippen molar-refractivity contribution in [3.05, 3.63) is 473 Å². The third kappa shape index (κ3) is 13.1. The summed E-state index contributed by atoms with van der Waals surface area (Å²) in [4.78, 5) is 35.6. The van der Waals surface area contributed by atoms with Gasteiger partial charge in [0.1, 0.15) is 44.6 Å². The number of H-pyrrole nitrogens is 1. The highest BCUT2D eigenvalue weighted by atomic mass is 16.3. The number of hydrogen-bond acceptors (Lipinski definition) is 10. The quantitative estimate of drug-likeness (QED) is 0.155. The summed E-state index contributed by atoms with van der Waals surface area (Å²) in [6, 6.07) is 164. The van der Waals surface area contributed by atoms with Gasteiger partial charge in [0.05, 0.1) is 93.9 Å². The molecule has 12 aromatic heterocycles. The fraction of sp³-hybridized carbons (Fsp3) is 0. The molecule has 15 nitrogen and oxygen atoms in total. The van der Waals surface area contributed by atoms with Crippen LogP contribution in [0.15, 0.2) is 491 Å². The molecule has 0 atom stereocenters. The highest BCUT2D eigenvalue weighted by molar-refractivity contribution is 6.27. The molecular weight excluding hydrogens is 1800 g/mol. The Morgan fingerprint density at radius 1 is 0.177 bits per heavy atom. The van der Waals surface area contributed by atoms with Crippen molar-refractivity contribution in [2.24, 2.45) is 0 Å². The van der Waals surface area contributed by atoms with E-state index in [4.69, 9.17) is 47.6 Å². The van der Waals surface area contributed by atoms with Gasteiger partial charge >= 0.3 is 0 Å². The minimum atomic E-state index is 0.584. The number of aromatic amines is 1. The number of benzene rings is 21. The summed E-state index contributed by atoms with van der Waals surface area (Å²) in [5, 5.41) is 23.0. The van der Waals surface area contributed by atoms with Gasteiger partial charge in [-0.15, -0.1) is 0 Å². The molecule has 686 valence electrons. The van der Waals surface area contributed by atoms with Crippen LogP contribution >= 0.6 is 0 Å². The molecule has 0 spiro atoms. The standard InChI is InChI=1S/C50H30N4O.C38H22N4O.C38H21N3O2.C6H6/c1-3-13-31(14-4-1)48-47-41(27-26-39-38-19-9-12-22-46(38)55-49(39)47)51-50(52-48)54-43-21-11-8-18-36(43)40-29-32(24-28-44(40)54)33-23-25-37-35-17-7-10-20-42(35)53(45(37)30-33)34-15-5-2-6-16-34;1-2-10-22(11-3-1)34-33-30(21-20-28-25-14-6-9-17-32(25)43-37(28)33)40-38(41-34)42-31-16-8-5-13-24(31)27-19-18-26-23-12-4-7-15-29(23)39-35(26)36(27)42;1-2-10-22(11-3-1)34-33-29(21-20-27-24-13-5-8-16-31(24)42-36(27)33)39-38(40-34)41-30-15-7-4-12-23(30)26-18-19-28-25-14-6-9-17-32(25)43-37(28)35(26)41;1-2-4-6-5-3-1/h1-30H;1-21,39H;1-21H;1-6H. The second-order valence-corrected chi connectivity index (χ2v) is 37.4. The predicted molar refractivity (Wildman–Crippen MR) is 603 cm³/mol. The molecule has 0 unspecified atom stereocenters. The zero-order chi connectivity index (χ0) is 96.4. The Bertz CT molecular complexity index is 10800. The van der Waals surface area contributed by atoms with Crippen LogP contribution in [0.3, 0.4) is 0 Å². The summed E-state index contributed by atoms with van der Waals surface area (Å²) in [6.45, 7) is 0. The van der Waals surface area contributed by atoms with Gasteiger partial charge in [0, 0.05) is 125 Å². The van der Waals surface area contributed by atoms with Crippen molar-refractivity contribution >= 4 is 229 Å². The third-order valence-electron chi connectivity index (χ3n) is 29.2. The molecule has 147 heavy (non-hydrogen) atoms. The van der Waals surface area contributed by atoms with Crippen LogP contribution in [0.4, 0.5) is 0 Å². The van der Waals surface area contributed by atoms with Gasteiger partial charge in [-0.05, 0) is 139 Å². The van der Waals surface area contributed by atoms with Crippen LogP contribution in [0.25, 0.3) is 298 Å². The molecule has 21 aromatic carbocycles. The fourth-order valence-electron chi connectivity index (χ4n) is 22.7. The highest BCUT2D eigenvalue weighted by Gasteiger charge is 2.29. The maximum Gasteiger partial charge on any atom is 0.235 e. The molecule has 0 aliphatic carbocycles. The van der Waals surface area contributed by atoms with Crippen LogP contribution < -0.4 is 0 Å². The first kappa shape index (κ1) is 82.7. The van der Waals surface area contributed by atoms with E-state index in [0.29, 0.717) is 17.8 Å². The first-order valence-electron chi connectivity index (χ1n) is 49.4. The topological polar surface area (TPSA) is 165 Å². The van der Waals surface area contributed by atoms with Crippen LogP contribution in [-0.4, -0.2) is 53.2 Å². The van der Waals surface area contributed by atoms with Crippen molar-refractivity contribution < 1.29 is 17.7 Å². The summed E-state index contributed by atoms with van der Waals surface area (Å²) in [5.41, 5.74) is 28.9. The van der Waals surface area contributed by atoms with Gasteiger partial charge in [0.2, 0.25) is 17.8 Å². The van der Waals surface area contributed by atoms with E-state index < -0.39 is 0 Å². The number of aromatic nitrogens is 11. The van der Waals surface area contributed by atoms with Gasteiger partial charge in [0.15, 0.2) is 5.58 Å². The number of furan rings is 4. The van der Waals surface area contributed by atoms with Crippen molar-refractivity contribution in [3.8, 4) is 68.4 Å². The maximum absolute atomic E-state index is 6.56. The molecular formula is C132H79N11O4. The van der Waals surface area contributed by atoms with Gasteiger partial charge in [-0.1, -0.05) is 346 Å². The van der Waals surface area contributed by atoms with Crippen LogP contribution in [0.5, 0.6) is 0 Å². The summed E-state index contributed by atoms with van der Waals surface area (Å²) < 4.78 is 35.0. The zero-order valence-electron chi connectivity index (χ0n) is 78.6. The monoisotopic (exact) mass is 1880 g/mol. The van der Waals surface area contributed by atoms with Crippen molar-refractivity contribution in [1.29, 1.82) is 0 Å². The van der Waals surface area contributed by atoms with Crippen molar-refractivity contribution in [1.82, 2.24) is 53.2 Å². The van der Waals surface area contributed by atoms with Crippen LogP contribution in [0.1, 0.15) is 0 Å². The van der Waals surface area contributed by atoms with Crippen molar-refractivity contribution in [3.63, 3.8) is 0 Å². The van der Waals surface area contributed by atoms with Crippen LogP contribution in [0, 0.1) is 0 Å². The molecule has 15 heteroatoms. The number of nitrogens with one attached hydrogen (secondary N) is 1. The minimum Gasteiger partial charge on any atom is -0.455 e. The predicted octanol–water partition coefficient (Wildman–Crippen LogP) is 34.9. The largest absolute Gasteiger partial charge is 0.455 e. The van der Waals surface area contributed by atoms with E-state index >= 15 is 0 Å². The molecule has 1 N–H and O–H groups in total. The van der Waals surface area contributed by atoms with Gasteiger partial charge in [0.25, 0.3) is 0 Å². The second-order valence-electron chi connectivity index (χ2n) is 37.4. The molecule has 0 aliphatic heterocycles.